The molecule has 7 nitrogen and oxygen atoms in total. The largest absolute Gasteiger partial charge is 0.497 e. The molecule has 166 valence electrons. The van der Waals surface area contributed by atoms with E-state index in [4.69, 9.17) is 9.47 Å². The third kappa shape index (κ3) is 5.65. The summed E-state index contributed by atoms with van der Waals surface area (Å²) in [7, 11) is 4.98. The minimum absolute atomic E-state index is 0.0743. The first-order chi connectivity index (χ1) is 14.5. The predicted octanol–water partition coefficient (Wildman–Crippen LogP) is 2.22. The van der Waals surface area contributed by atoms with Gasteiger partial charge in [-0.05, 0) is 55.5 Å². The molecule has 30 heavy (non-hydrogen) atoms. The van der Waals surface area contributed by atoms with Gasteiger partial charge in [-0.15, -0.1) is 0 Å². The van der Waals surface area contributed by atoms with Gasteiger partial charge in [0.15, 0.2) is 5.96 Å². The van der Waals surface area contributed by atoms with Crippen molar-refractivity contribution in [3.8, 4) is 5.75 Å². The lowest BCUT2D eigenvalue weighted by atomic mass is 9.96. The zero-order valence-electron chi connectivity index (χ0n) is 18.8. The van der Waals surface area contributed by atoms with Gasteiger partial charge >= 0.3 is 5.97 Å². The van der Waals surface area contributed by atoms with Crippen LogP contribution < -0.4 is 10.1 Å². The number of nitrogens with zero attached hydrogens (tertiary/aromatic N) is 3. The van der Waals surface area contributed by atoms with Gasteiger partial charge in [-0.25, -0.2) is 0 Å². The fourth-order valence-electron chi connectivity index (χ4n) is 4.50. The Bertz CT molecular complexity index is 714. The maximum Gasteiger partial charge on any atom is 0.310 e. The molecule has 0 amide bonds. The number of methoxy groups -OCH3 is 2. The quantitative estimate of drug-likeness (QED) is 0.436. The summed E-state index contributed by atoms with van der Waals surface area (Å²) in [5.74, 6) is 2.53. The summed E-state index contributed by atoms with van der Waals surface area (Å²) in [5, 5.41) is 3.55. The maximum atomic E-state index is 12.0. The number of likely N-dealkylation sites (tertiary alicyclic amines) is 2. The zero-order chi connectivity index (χ0) is 21.5. The van der Waals surface area contributed by atoms with Gasteiger partial charge in [0.1, 0.15) is 5.75 Å². The summed E-state index contributed by atoms with van der Waals surface area (Å²) in [6, 6.07) is 8.35. The first-order valence-electron chi connectivity index (χ1n) is 10.9. The van der Waals surface area contributed by atoms with Crippen molar-refractivity contribution in [2.45, 2.75) is 26.3 Å². The molecule has 2 saturated heterocycles. The summed E-state index contributed by atoms with van der Waals surface area (Å²) in [5.41, 5.74) is 1.33. The fraction of sp³-hybridized carbons (Fsp3) is 0.652. The van der Waals surface area contributed by atoms with Gasteiger partial charge in [-0.1, -0.05) is 19.1 Å². The summed E-state index contributed by atoms with van der Waals surface area (Å²) in [6.07, 6.45) is 2.36. The van der Waals surface area contributed by atoms with Crippen LogP contribution in [0.2, 0.25) is 0 Å². The minimum Gasteiger partial charge on any atom is -0.497 e. The Morgan fingerprint density at radius 3 is 2.47 bits per heavy atom. The minimum atomic E-state index is -0.121. The van der Waals surface area contributed by atoms with E-state index in [1.807, 2.05) is 19.2 Å². The average Bonchev–Trinajstić information content (AvgIpc) is 3.16. The molecule has 2 fully saturated rings. The zero-order valence-corrected chi connectivity index (χ0v) is 18.8. The van der Waals surface area contributed by atoms with Crippen molar-refractivity contribution in [3.05, 3.63) is 29.8 Å². The highest BCUT2D eigenvalue weighted by molar-refractivity contribution is 5.82. The van der Waals surface area contributed by atoms with Gasteiger partial charge in [-0.2, -0.15) is 0 Å². The van der Waals surface area contributed by atoms with Crippen LogP contribution in [0, 0.1) is 17.8 Å². The predicted molar refractivity (Wildman–Crippen MR) is 119 cm³/mol. The number of esters is 1. The van der Waals surface area contributed by atoms with E-state index in [0.717, 1.165) is 44.4 Å². The third-order valence-electron chi connectivity index (χ3n) is 6.45. The summed E-state index contributed by atoms with van der Waals surface area (Å²) in [4.78, 5) is 21.1. The van der Waals surface area contributed by atoms with Crippen molar-refractivity contribution in [1.29, 1.82) is 0 Å². The molecule has 1 aromatic rings. The second-order valence-electron chi connectivity index (χ2n) is 8.51. The topological polar surface area (TPSA) is 66.4 Å². The summed E-state index contributed by atoms with van der Waals surface area (Å²) >= 11 is 0. The Labute approximate surface area is 180 Å². The molecule has 1 aromatic carbocycles. The lowest BCUT2D eigenvalue weighted by Gasteiger charge is -2.33. The molecule has 0 aromatic heterocycles. The molecule has 3 rings (SSSR count). The van der Waals surface area contributed by atoms with Crippen LogP contribution in [-0.2, 0) is 16.1 Å². The van der Waals surface area contributed by atoms with Crippen molar-refractivity contribution in [1.82, 2.24) is 15.1 Å². The van der Waals surface area contributed by atoms with Crippen LogP contribution in [0.15, 0.2) is 29.3 Å². The molecule has 0 aliphatic carbocycles. The van der Waals surface area contributed by atoms with Crippen LogP contribution in [0.5, 0.6) is 5.75 Å². The molecule has 2 heterocycles. The first kappa shape index (κ1) is 22.4. The molecule has 0 saturated carbocycles. The number of piperidine rings is 1. The van der Waals surface area contributed by atoms with Gasteiger partial charge in [0.25, 0.3) is 0 Å². The lowest BCUT2D eigenvalue weighted by molar-refractivity contribution is -0.145. The Morgan fingerprint density at radius 1 is 1.17 bits per heavy atom. The Balaban J connectivity index is 1.41. The monoisotopic (exact) mass is 416 g/mol. The standard InChI is InChI=1S/C23H36N4O3/c1-17-14-27(16-21(17)22(28)30-4)23(24-2)25-13-18-9-11-26(12-10-18)15-19-5-7-20(29-3)8-6-19/h5-8,17-18,21H,9-16H2,1-4H3,(H,24,25). The molecule has 7 heteroatoms. The van der Waals surface area contributed by atoms with Crippen molar-refractivity contribution >= 4 is 11.9 Å². The molecule has 2 aliphatic heterocycles. The van der Waals surface area contributed by atoms with E-state index < -0.39 is 0 Å². The van der Waals surface area contributed by atoms with Crippen LogP contribution in [0.1, 0.15) is 25.3 Å². The Hall–Kier alpha value is -2.28. The van der Waals surface area contributed by atoms with E-state index in [2.05, 4.69) is 39.2 Å². The maximum absolute atomic E-state index is 12.0. The van der Waals surface area contributed by atoms with Crippen LogP contribution in [0.3, 0.4) is 0 Å². The van der Waals surface area contributed by atoms with Crippen molar-refractivity contribution in [2.24, 2.45) is 22.7 Å². The molecule has 1 N–H and O–H groups in total. The van der Waals surface area contributed by atoms with E-state index in [1.54, 1.807) is 7.11 Å². The van der Waals surface area contributed by atoms with Crippen molar-refractivity contribution in [2.75, 3.05) is 54.0 Å². The number of carbonyl (C=O) groups excluding carboxylic acids is 1. The van der Waals surface area contributed by atoms with Crippen molar-refractivity contribution < 1.29 is 14.3 Å². The number of hydrogen-bond donors (Lipinski definition) is 1. The second-order valence-corrected chi connectivity index (χ2v) is 8.51. The molecule has 0 spiro atoms. The highest BCUT2D eigenvalue weighted by Gasteiger charge is 2.37. The number of nitrogens with one attached hydrogen (secondary N) is 1. The van der Waals surface area contributed by atoms with E-state index in [1.165, 1.54) is 25.5 Å². The highest BCUT2D eigenvalue weighted by atomic mass is 16.5. The molecule has 2 atom stereocenters. The van der Waals surface area contributed by atoms with Gasteiger partial charge in [0.2, 0.25) is 0 Å². The smallest absolute Gasteiger partial charge is 0.310 e. The van der Waals surface area contributed by atoms with Gasteiger partial charge in [-0.3, -0.25) is 14.7 Å². The van der Waals surface area contributed by atoms with Gasteiger partial charge in [0, 0.05) is 33.2 Å². The molecule has 2 unspecified atom stereocenters. The number of hydrogen-bond acceptors (Lipinski definition) is 5. The van der Waals surface area contributed by atoms with Crippen LogP contribution in [-0.4, -0.2) is 75.7 Å². The number of ether oxygens (including phenoxy) is 2. The first-order valence-corrected chi connectivity index (χ1v) is 10.9. The lowest BCUT2D eigenvalue weighted by Crippen LogP contribution is -2.44. The Kier molecular flexibility index (Phi) is 7.96. The average molecular weight is 417 g/mol. The van der Waals surface area contributed by atoms with E-state index in [9.17, 15) is 4.79 Å². The van der Waals surface area contributed by atoms with Gasteiger partial charge in [0.05, 0.1) is 20.1 Å². The van der Waals surface area contributed by atoms with E-state index in [-0.39, 0.29) is 17.8 Å². The number of rotatable bonds is 6. The number of aliphatic imine (C=N–C) groups is 1. The number of carbonyl (C=O) groups is 1. The van der Waals surface area contributed by atoms with Crippen LogP contribution in [0.25, 0.3) is 0 Å². The molecular formula is C23H36N4O3. The van der Waals surface area contributed by atoms with E-state index >= 15 is 0 Å². The number of guanidine groups is 1. The fourth-order valence-corrected chi connectivity index (χ4v) is 4.50. The second kappa shape index (κ2) is 10.7. The van der Waals surface area contributed by atoms with Crippen LogP contribution >= 0.6 is 0 Å². The summed E-state index contributed by atoms with van der Waals surface area (Å²) < 4.78 is 10.2. The third-order valence-corrected chi connectivity index (χ3v) is 6.45. The highest BCUT2D eigenvalue weighted by Crippen LogP contribution is 2.24. The summed E-state index contributed by atoms with van der Waals surface area (Å²) in [6.45, 7) is 7.76. The van der Waals surface area contributed by atoms with E-state index in [0.29, 0.717) is 12.5 Å². The molecule has 2 aliphatic rings. The Morgan fingerprint density at radius 2 is 1.87 bits per heavy atom. The SMILES string of the molecule is CN=C(NCC1CCN(Cc2ccc(OC)cc2)CC1)N1CC(C)C(C(=O)OC)C1. The number of benzene rings is 1. The molecule has 0 bridgehead atoms. The van der Waals surface area contributed by atoms with Crippen LogP contribution in [0.4, 0.5) is 0 Å². The molecule has 0 radical (unpaired) electrons. The normalized spacial score (nSPS) is 23.5. The molecular weight excluding hydrogens is 380 g/mol. The van der Waals surface area contributed by atoms with Gasteiger partial charge < -0.3 is 19.7 Å². The van der Waals surface area contributed by atoms with Crippen molar-refractivity contribution in [3.63, 3.8) is 0 Å².